The highest BCUT2D eigenvalue weighted by atomic mass is 16.2. The number of rotatable bonds is 2. The molecule has 1 aromatic heterocycles. The van der Waals surface area contributed by atoms with Crippen LogP contribution in [0.5, 0.6) is 0 Å². The zero-order chi connectivity index (χ0) is 22.1. The second-order valence-corrected chi connectivity index (χ2v) is 7.92. The summed E-state index contributed by atoms with van der Waals surface area (Å²) >= 11 is 0. The third-order valence-electron chi connectivity index (χ3n) is 5.79. The van der Waals surface area contributed by atoms with E-state index >= 15 is 0 Å². The molecule has 7 heteroatoms. The fourth-order valence-electron chi connectivity index (χ4n) is 4.15. The number of allylic oxidation sites excluding steroid dienone is 1. The monoisotopic (exact) mass is 423 g/mol. The number of aromatic amines is 1. The normalized spacial score (nSPS) is 20.5. The highest BCUT2D eigenvalue weighted by Gasteiger charge is 2.25. The van der Waals surface area contributed by atoms with Gasteiger partial charge in [0, 0.05) is 17.9 Å². The molecule has 31 heavy (non-hydrogen) atoms. The SMILES string of the molecule is CN.O=C1CC/C=C/CC(NC(=O)C2CCCCC2)c2ncc([nH]2)-c2ccccc2N1. The van der Waals surface area contributed by atoms with Crippen molar-refractivity contribution in [3.05, 3.63) is 48.4 Å². The Balaban J connectivity index is 0.00000132. The minimum absolute atomic E-state index is 0.0109. The van der Waals surface area contributed by atoms with Crippen molar-refractivity contribution in [3.8, 4) is 11.3 Å². The van der Waals surface area contributed by atoms with Gasteiger partial charge in [0.2, 0.25) is 11.8 Å². The molecule has 2 aliphatic rings. The Kier molecular flexibility index (Phi) is 8.41. The molecule has 2 aromatic rings. The van der Waals surface area contributed by atoms with Crippen LogP contribution in [0.4, 0.5) is 5.69 Å². The fraction of sp³-hybridized carbons (Fsp3) is 0.458. The number of nitrogens with two attached hydrogens (primary N) is 1. The number of carbonyl (C=O) groups excluding carboxylic acids is 2. The average Bonchev–Trinajstić information content (AvgIpc) is 3.30. The number of fused-ring (bicyclic) bond motifs is 4. The van der Waals surface area contributed by atoms with Gasteiger partial charge in [0.25, 0.3) is 0 Å². The van der Waals surface area contributed by atoms with Crippen LogP contribution >= 0.6 is 0 Å². The highest BCUT2D eigenvalue weighted by Crippen LogP contribution is 2.29. The van der Waals surface area contributed by atoms with E-state index in [-0.39, 0.29) is 23.8 Å². The number of imidazole rings is 1. The van der Waals surface area contributed by atoms with Gasteiger partial charge in [-0.3, -0.25) is 9.59 Å². The van der Waals surface area contributed by atoms with Crippen molar-refractivity contribution >= 4 is 17.5 Å². The lowest BCUT2D eigenvalue weighted by Gasteiger charge is -2.23. The maximum atomic E-state index is 12.8. The molecular formula is C24H33N5O2. The van der Waals surface area contributed by atoms with Gasteiger partial charge in [-0.25, -0.2) is 4.98 Å². The van der Waals surface area contributed by atoms with E-state index in [4.69, 9.17) is 0 Å². The minimum Gasteiger partial charge on any atom is -0.346 e. The molecular weight excluding hydrogens is 390 g/mol. The first-order chi connectivity index (χ1) is 15.2. The second kappa shape index (κ2) is 11.5. The summed E-state index contributed by atoms with van der Waals surface area (Å²) in [7, 11) is 1.50. The molecule has 4 rings (SSSR count). The van der Waals surface area contributed by atoms with Crippen molar-refractivity contribution < 1.29 is 9.59 Å². The molecule has 2 bridgehead atoms. The van der Waals surface area contributed by atoms with Crippen LogP contribution in [0, 0.1) is 5.92 Å². The summed E-state index contributed by atoms with van der Waals surface area (Å²) < 4.78 is 0. The first kappa shape index (κ1) is 22.7. The van der Waals surface area contributed by atoms with Gasteiger partial charge in [0.1, 0.15) is 5.82 Å². The molecule has 0 spiro atoms. The molecule has 1 aromatic carbocycles. The number of carbonyl (C=O) groups is 2. The molecule has 1 aliphatic carbocycles. The Morgan fingerprint density at radius 2 is 1.90 bits per heavy atom. The first-order valence-corrected chi connectivity index (χ1v) is 11.2. The minimum atomic E-state index is -0.203. The van der Waals surface area contributed by atoms with Crippen molar-refractivity contribution in [3.63, 3.8) is 0 Å². The lowest BCUT2D eigenvalue weighted by Crippen LogP contribution is -2.35. The van der Waals surface area contributed by atoms with Gasteiger partial charge < -0.3 is 21.4 Å². The number of H-pyrrole nitrogens is 1. The summed E-state index contributed by atoms with van der Waals surface area (Å²) in [6, 6.07) is 7.49. The second-order valence-electron chi connectivity index (χ2n) is 7.92. The van der Waals surface area contributed by atoms with E-state index in [1.165, 1.54) is 13.5 Å². The maximum Gasteiger partial charge on any atom is 0.224 e. The van der Waals surface area contributed by atoms with Crippen LogP contribution in [-0.2, 0) is 9.59 Å². The molecule has 2 heterocycles. The number of anilines is 1. The zero-order valence-corrected chi connectivity index (χ0v) is 18.2. The van der Waals surface area contributed by atoms with Gasteiger partial charge >= 0.3 is 0 Å². The van der Waals surface area contributed by atoms with Gasteiger partial charge in [0.15, 0.2) is 0 Å². The number of nitrogens with one attached hydrogen (secondary N) is 3. The number of aromatic nitrogens is 2. The topological polar surface area (TPSA) is 113 Å². The van der Waals surface area contributed by atoms with E-state index in [0.717, 1.165) is 48.5 Å². The molecule has 0 radical (unpaired) electrons. The molecule has 1 unspecified atom stereocenters. The van der Waals surface area contributed by atoms with E-state index in [9.17, 15) is 9.59 Å². The number of para-hydroxylation sites is 1. The summed E-state index contributed by atoms with van der Waals surface area (Å²) in [5, 5.41) is 6.21. The van der Waals surface area contributed by atoms with Crippen molar-refractivity contribution in [1.82, 2.24) is 15.3 Å². The predicted molar refractivity (Wildman–Crippen MR) is 123 cm³/mol. The predicted octanol–water partition coefficient (Wildman–Crippen LogP) is 4.07. The molecule has 7 nitrogen and oxygen atoms in total. The van der Waals surface area contributed by atoms with Crippen LogP contribution in [0.3, 0.4) is 0 Å². The Hall–Kier alpha value is -2.93. The Morgan fingerprint density at radius 1 is 1.13 bits per heavy atom. The zero-order valence-electron chi connectivity index (χ0n) is 18.2. The third kappa shape index (κ3) is 6.04. The van der Waals surface area contributed by atoms with Gasteiger partial charge in [-0.15, -0.1) is 0 Å². The van der Waals surface area contributed by atoms with E-state index in [2.05, 4.69) is 26.3 Å². The standard InChI is InChI=1S/C23H28N4O2.CH5N/c28-21-14-6-2-5-13-19(27-23(29)16-9-3-1-4-10-16)22-24-15-20(26-22)17-11-7-8-12-18(17)25-21;1-2/h2,5,7-8,11-12,15-16,19H,1,3-4,6,9-10,13-14H2,(H,24,26)(H,25,28)(H,27,29);2H2,1H3/b5-2+;. The molecule has 5 N–H and O–H groups in total. The molecule has 166 valence electrons. The smallest absolute Gasteiger partial charge is 0.224 e. The Labute approximate surface area is 183 Å². The summed E-state index contributed by atoms with van der Waals surface area (Å²) in [4.78, 5) is 33.0. The summed E-state index contributed by atoms with van der Waals surface area (Å²) in [6.07, 6.45) is 13.0. The molecule has 1 aliphatic heterocycles. The van der Waals surface area contributed by atoms with Crippen LogP contribution < -0.4 is 16.4 Å². The molecule has 1 fully saturated rings. The summed E-state index contributed by atoms with van der Waals surface area (Å²) in [5.74, 6) is 0.967. The van der Waals surface area contributed by atoms with Crippen LogP contribution in [0.1, 0.15) is 63.2 Å². The van der Waals surface area contributed by atoms with Crippen LogP contribution in [0.2, 0.25) is 0 Å². The largest absolute Gasteiger partial charge is 0.346 e. The fourth-order valence-corrected chi connectivity index (χ4v) is 4.15. The lowest BCUT2D eigenvalue weighted by atomic mass is 9.88. The number of benzene rings is 1. The van der Waals surface area contributed by atoms with Gasteiger partial charge in [-0.2, -0.15) is 0 Å². The first-order valence-electron chi connectivity index (χ1n) is 11.2. The number of amides is 2. The van der Waals surface area contributed by atoms with Gasteiger partial charge in [-0.1, -0.05) is 49.6 Å². The molecule has 1 saturated carbocycles. The van der Waals surface area contributed by atoms with Crippen LogP contribution in [-0.4, -0.2) is 28.8 Å². The Bertz CT molecular complexity index is 899. The number of hydrogen-bond donors (Lipinski definition) is 4. The van der Waals surface area contributed by atoms with E-state index in [1.807, 2.05) is 36.4 Å². The molecule has 0 saturated heterocycles. The quantitative estimate of drug-likeness (QED) is 0.545. The number of hydrogen-bond acceptors (Lipinski definition) is 4. The van der Waals surface area contributed by atoms with Crippen molar-refractivity contribution in [1.29, 1.82) is 0 Å². The summed E-state index contributed by atoms with van der Waals surface area (Å²) in [6.45, 7) is 0. The third-order valence-corrected chi connectivity index (χ3v) is 5.79. The van der Waals surface area contributed by atoms with Crippen molar-refractivity contribution in [2.24, 2.45) is 11.7 Å². The highest BCUT2D eigenvalue weighted by molar-refractivity contribution is 5.95. The molecule has 1 atom stereocenters. The Morgan fingerprint density at radius 3 is 2.71 bits per heavy atom. The van der Waals surface area contributed by atoms with Gasteiger partial charge in [-0.05, 0) is 38.8 Å². The van der Waals surface area contributed by atoms with Crippen molar-refractivity contribution in [2.75, 3.05) is 12.4 Å². The maximum absolute atomic E-state index is 12.8. The van der Waals surface area contributed by atoms with E-state index < -0.39 is 0 Å². The van der Waals surface area contributed by atoms with E-state index in [0.29, 0.717) is 19.3 Å². The van der Waals surface area contributed by atoms with Crippen molar-refractivity contribution in [2.45, 2.75) is 57.4 Å². The summed E-state index contributed by atoms with van der Waals surface area (Å²) in [5.41, 5.74) is 6.99. The van der Waals surface area contributed by atoms with Gasteiger partial charge in [0.05, 0.1) is 23.6 Å². The van der Waals surface area contributed by atoms with Crippen LogP contribution in [0.25, 0.3) is 11.3 Å². The average molecular weight is 424 g/mol. The van der Waals surface area contributed by atoms with Crippen LogP contribution in [0.15, 0.2) is 42.6 Å². The van der Waals surface area contributed by atoms with E-state index in [1.54, 1.807) is 6.20 Å². The number of nitrogens with zero attached hydrogens (tertiary/aromatic N) is 1. The molecule has 2 amide bonds. The lowest BCUT2D eigenvalue weighted by molar-refractivity contribution is -0.126.